The van der Waals surface area contributed by atoms with Crippen LogP contribution in [-0.2, 0) is 6.54 Å². The average molecular weight is 321 g/mol. The summed E-state index contributed by atoms with van der Waals surface area (Å²) in [5, 5.41) is 0. The summed E-state index contributed by atoms with van der Waals surface area (Å²) in [7, 11) is 3.30. The molecular weight excluding hydrogens is 302 g/mol. The van der Waals surface area contributed by atoms with Gasteiger partial charge in [-0.3, -0.25) is 0 Å². The summed E-state index contributed by atoms with van der Waals surface area (Å²) >= 11 is 0. The van der Waals surface area contributed by atoms with E-state index in [9.17, 15) is 0 Å². The van der Waals surface area contributed by atoms with Gasteiger partial charge in [-0.05, 0) is 42.0 Å². The predicted molar refractivity (Wildman–Crippen MR) is 93.9 cm³/mol. The van der Waals surface area contributed by atoms with Crippen LogP contribution in [0.1, 0.15) is 5.82 Å². The van der Waals surface area contributed by atoms with E-state index in [1.54, 1.807) is 14.2 Å². The quantitative estimate of drug-likeness (QED) is 0.781. The minimum Gasteiger partial charge on any atom is -0.497 e. The molecule has 2 aromatic carbocycles. The fraction of sp³-hybridized carbons (Fsp3) is 0.158. The van der Waals surface area contributed by atoms with Crippen LogP contribution in [-0.4, -0.2) is 24.2 Å². The van der Waals surface area contributed by atoms with E-state index < -0.39 is 0 Å². The molecule has 0 aliphatic rings. The molecule has 0 spiro atoms. The number of nitrogens with two attached hydrogens (primary N) is 1. The maximum absolute atomic E-state index is 5.71. The van der Waals surface area contributed by atoms with Crippen LogP contribution in [0.4, 0.5) is 0 Å². The van der Waals surface area contributed by atoms with Crippen LogP contribution in [0.5, 0.6) is 11.5 Å². The van der Waals surface area contributed by atoms with E-state index in [0.29, 0.717) is 12.4 Å². The third-order valence-electron chi connectivity index (χ3n) is 3.79. The van der Waals surface area contributed by atoms with Crippen molar-refractivity contribution in [2.75, 3.05) is 14.2 Å². The van der Waals surface area contributed by atoms with Crippen LogP contribution >= 0.6 is 0 Å². The fourth-order valence-corrected chi connectivity index (χ4v) is 2.47. The van der Waals surface area contributed by atoms with Crippen LogP contribution < -0.4 is 15.2 Å². The second-order valence-corrected chi connectivity index (χ2v) is 5.21. The van der Waals surface area contributed by atoms with E-state index in [-0.39, 0.29) is 0 Å². The highest BCUT2D eigenvalue weighted by atomic mass is 16.5. The maximum atomic E-state index is 5.71. The smallest absolute Gasteiger partial charge is 0.142 e. The van der Waals surface area contributed by atoms with E-state index in [1.807, 2.05) is 54.7 Å². The van der Waals surface area contributed by atoms with Crippen molar-refractivity contribution < 1.29 is 9.47 Å². The lowest BCUT2D eigenvalue weighted by Gasteiger charge is -2.11. The van der Waals surface area contributed by atoms with Gasteiger partial charge in [0.05, 0.1) is 26.5 Å². The average Bonchev–Trinajstić information content (AvgIpc) is 2.67. The second kappa shape index (κ2) is 7.10. The molecule has 3 aromatic rings. The Morgan fingerprint density at radius 2 is 1.38 bits per heavy atom. The first kappa shape index (κ1) is 16.0. The van der Waals surface area contributed by atoms with Gasteiger partial charge in [-0.1, -0.05) is 12.1 Å². The molecule has 0 fully saturated rings. The molecule has 0 atom stereocenters. The van der Waals surface area contributed by atoms with Gasteiger partial charge in [0.1, 0.15) is 17.3 Å². The van der Waals surface area contributed by atoms with E-state index in [4.69, 9.17) is 15.2 Å². The van der Waals surface area contributed by atoms with Gasteiger partial charge in [-0.15, -0.1) is 0 Å². The second-order valence-electron chi connectivity index (χ2n) is 5.21. The summed E-state index contributed by atoms with van der Waals surface area (Å²) in [6, 6.07) is 15.6. The molecule has 122 valence electrons. The standard InChI is InChI=1S/C19H19N3O2/c1-23-15-7-3-13(4-8-15)17-12-21-18(11-20)22-19(17)14-5-9-16(24-2)10-6-14/h3-10,12H,11,20H2,1-2H3. The molecule has 1 heterocycles. The largest absolute Gasteiger partial charge is 0.497 e. The molecule has 0 saturated heterocycles. The normalized spacial score (nSPS) is 10.5. The molecule has 5 nitrogen and oxygen atoms in total. The van der Waals surface area contributed by atoms with Gasteiger partial charge in [-0.25, -0.2) is 9.97 Å². The van der Waals surface area contributed by atoms with Crippen LogP contribution in [0.3, 0.4) is 0 Å². The first-order valence-electron chi connectivity index (χ1n) is 7.60. The minimum absolute atomic E-state index is 0.298. The molecule has 0 radical (unpaired) electrons. The molecule has 0 saturated carbocycles. The number of nitrogens with zero attached hydrogens (tertiary/aromatic N) is 2. The van der Waals surface area contributed by atoms with Crippen LogP contribution in [0, 0.1) is 0 Å². The van der Waals surface area contributed by atoms with Crippen molar-refractivity contribution in [1.82, 2.24) is 9.97 Å². The van der Waals surface area contributed by atoms with Crippen molar-refractivity contribution in [3.8, 4) is 33.9 Å². The molecule has 0 aliphatic heterocycles. The number of methoxy groups -OCH3 is 2. The third-order valence-corrected chi connectivity index (χ3v) is 3.79. The van der Waals surface area contributed by atoms with Gasteiger partial charge < -0.3 is 15.2 Å². The Balaban J connectivity index is 2.10. The van der Waals surface area contributed by atoms with Gasteiger partial charge in [-0.2, -0.15) is 0 Å². The van der Waals surface area contributed by atoms with Crippen LogP contribution in [0.15, 0.2) is 54.7 Å². The van der Waals surface area contributed by atoms with Crippen molar-refractivity contribution in [3.05, 3.63) is 60.6 Å². The summed E-state index contributed by atoms with van der Waals surface area (Å²) < 4.78 is 10.4. The summed E-state index contributed by atoms with van der Waals surface area (Å²) in [5.74, 6) is 2.22. The van der Waals surface area contributed by atoms with Gasteiger partial charge in [0.2, 0.25) is 0 Å². The van der Waals surface area contributed by atoms with Crippen molar-refractivity contribution in [1.29, 1.82) is 0 Å². The van der Waals surface area contributed by atoms with Crippen molar-refractivity contribution in [3.63, 3.8) is 0 Å². The minimum atomic E-state index is 0.298. The number of hydrogen-bond acceptors (Lipinski definition) is 5. The van der Waals surface area contributed by atoms with E-state index in [0.717, 1.165) is 33.9 Å². The fourth-order valence-electron chi connectivity index (χ4n) is 2.47. The van der Waals surface area contributed by atoms with Gasteiger partial charge in [0, 0.05) is 17.3 Å². The first-order chi connectivity index (χ1) is 11.7. The lowest BCUT2D eigenvalue weighted by atomic mass is 10.0. The van der Waals surface area contributed by atoms with E-state index >= 15 is 0 Å². The highest BCUT2D eigenvalue weighted by Gasteiger charge is 2.12. The maximum Gasteiger partial charge on any atom is 0.142 e. The van der Waals surface area contributed by atoms with Gasteiger partial charge in [0.15, 0.2) is 0 Å². The molecule has 0 bridgehead atoms. The Labute approximate surface area is 141 Å². The van der Waals surface area contributed by atoms with E-state index in [1.165, 1.54) is 0 Å². The Kier molecular flexibility index (Phi) is 4.72. The number of hydrogen-bond donors (Lipinski definition) is 1. The Hall–Kier alpha value is -2.92. The molecule has 3 rings (SSSR count). The Morgan fingerprint density at radius 3 is 1.88 bits per heavy atom. The summed E-state index contributed by atoms with van der Waals surface area (Å²) in [5.41, 5.74) is 9.50. The molecule has 24 heavy (non-hydrogen) atoms. The Morgan fingerprint density at radius 1 is 0.833 bits per heavy atom. The zero-order chi connectivity index (χ0) is 16.9. The molecule has 1 aromatic heterocycles. The zero-order valence-corrected chi connectivity index (χ0v) is 13.7. The number of ether oxygens (including phenoxy) is 2. The highest BCUT2D eigenvalue weighted by Crippen LogP contribution is 2.31. The SMILES string of the molecule is COc1ccc(-c2cnc(CN)nc2-c2ccc(OC)cc2)cc1. The van der Waals surface area contributed by atoms with Crippen LogP contribution in [0.25, 0.3) is 22.4 Å². The van der Waals surface area contributed by atoms with Crippen molar-refractivity contribution in [2.45, 2.75) is 6.54 Å². The lowest BCUT2D eigenvalue weighted by molar-refractivity contribution is 0.414. The molecule has 0 unspecified atom stereocenters. The van der Waals surface area contributed by atoms with Gasteiger partial charge in [0.25, 0.3) is 0 Å². The predicted octanol–water partition coefficient (Wildman–Crippen LogP) is 3.29. The monoisotopic (exact) mass is 321 g/mol. The first-order valence-corrected chi connectivity index (χ1v) is 7.60. The topological polar surface area (TPSA) is 70.3 Å². The molecular formula is C19H19N3O2. The van der Waals surface area contributed by atoms with Gasteiger partial charge >= 0.3 is 0 Å². The molecule has 0 amide bonds. The molecule has 0 aliphatic carbocycles. The molecule has 2 N–H and O–H groups in total. The summed E-state index contributed by atoms with van der Waals surface area (Å²) in [6.45, 7) is 0.298. The van der Waals surface area contributed by atoms with Crippen molar-refractivity contribution >= 4 is 0 Å². The Bertz CT molecular complexity index is 815. The zero-order valence-electron chi connectivity index (χ0n) is 13.7. The van der Waals surface area contributed by atoms with Crippen molar-refractivity contribution in [2.24, 2.45) is 5.73 Å². The number of rotatable bonds is 5. The number of benzene rings is 2. The lowest BCUT2D eigenvalue weighted by Crippen LogP contribution is -2.04. The molecule has 5 heteroatoms. The highest BCUT2D eigenvalue weighted by molar-refractivity contribution is 5.80. The summed E-state index contributed by atoms with van der Waals surface area (Å²) in [4.78, 5) is 8.97. The number of aromatic nitrogens is 2. The summed E-state index contributed by atoms with van der Waals surface area (Å²) in [6.07, 6.45) is 1.82. The van der Waals surface area contributed by atoms with Crippen LogP contribution in [0.2, 0.25) is 0 Å². The van der Waals surface area contributed by atoms with E-state index in [2.05, 4.69) is 9.97 Å². The third kappa shape index (κ3) is 3.21.